The van der Waals surface area contributed by atoms with Gasteiger partial charge >= 0.3 is 0 Å². The van der Waals surface area contributed by atoms with Gasteiger partial charge in [0.15, 0.2) is 11.0 Å². The molecule has 1 rings (SSSR count). The highest BCUT2D eigenvalue weighted by Crippen LogP contribution is 2.17. The number of nitrogens with two attached hydrogens (primary N) is 1. The summed E-state index contributed by atoms with van der Waals surface area (Å²) in [6.45, 7) is 1.53. The Morgan fingerprint density at radius 2 is 2.33 bits per heavy atom. The number of carbonyl (C=O) groups is 1. The van der Waals surface area contributed by atoms with Crippen LogP contribution in [0.15, 0.2) is 6.20 Å². The van der Waals surface area contributed by atoms with Gasteiger partial charge < -0.3 is 5.73 Å². The first kappa shape index (κ1) is 8.93. The Balaban J connectivity index is 3.43. The Kier molecular flexibility index (Phi) is 2.28. The van der Waals surface area contributed by atoms with E-state index in [1.807, 2.05) is 0 Å². The second-order valence-electron chi connectivity index (χ2n) is 2.29. The minimum Gasteiger partial charge on any atom is -0.365 e. The molecule has 3 nitrogen and oxygen atoms in total. The summed E-state index contributed by atoms with van der Waals surface area (Å²) in [6, 6.07) is 0. The van der Waals surface area contributed by atoms with E-state index >= 15 is 0 Å². The first-order valence-corrected chi connectivity index (χ1v) is 3.52. The first-order valence-electron chi connectivity index (χ1n) is 3.14. The number of carbonyl (C=O) groups excluding carboxylic acids is 1. The molecule has 0 unspecified atom stereocenters. The molecule has 5 heteroatoms. The van der Waals surface area contributed by atoms with Crippen LogP contribution in [-0.2, 0) is 0 Å². The van der Waals surface area contributed by atoms with Gasteiger partial charge in [-0.3, -0.25) is 4.79 Å². The summed E-state index contributed by atoms with van der Waals surface area (Å²) in [5, 5.41) is -0.339. The molecule has 1 heterocycles. The smallest absolute Gasteiger partial charge is 0.252 e. The summed E-state index contributed by atoms with van der Waals surface area (Å²) in [7, 11) is 0. The number of pyridine rings is 1. The van der Waals surface area contributed by atoms with Crippen molar-refractivity contribution >= 4 is 17.5 Å². The lowest BCUT2D eigenvalue weighted by Crippen LogP contribution is -2.15. The Morgan fingerprint density at radius 3 is 2.75 bits per heavy atom. The Bertz CT molecular complexity index is 340. The second-order valence-corrected chi connectivity index (χ2v) is 2.64. The van der Waals surface area contributed by atoms with Crippen molar-refractivity contribution in [1.82, 2.24) is 4.98 Å². The van der Waals surface area contributed by atoms with Crippen LogP contribution in [0, 0.1) is 12.7 Å². The summed E-state index contributed by atoms with van der Waals surface area (Å²) in [5.41, 5.74) is 5.10. The molecule has 1 aromatic rings. The molecule has 2 N–H and O–H groups in total. The third-order valence-electron chi connectivity index (χ3n) is 1.41. The van der Waals surface area contributed by atoms with Gasteiger partial charge in [0.25, 0.3) is 5.91 Å². The number of nitrogens with zero attached hydrogens (tertiary/aromatic N) is 1. The van der Waals surface area contributed by atoms with E-state index in [2.05, 4.69) is 4.98 Å². The number of halogens is 2. The van der Waals surface area contributed by atoms with Crippen LogP contribution >= 0.6 is 11.6 Å². The van der Waals surface area contributed by atoms with Crippen molar-refractivity contribution in [2.45, 2.75) is 6.92 Å². The SMILES string of the molecule is Cc1cnc(Cl)c(F)c1C(N)=O. The van der Waals surface area contributed by atoms with E-state index in [9.17, 15) is 9.18 Å². The number of hydrogen-bond acceptors (Lipinski definition) is 2. The zero-order valence-corrected chi connectivity index (χ0v) is 7.02. The minimum atomic E-state index is -0.857. The van der Waals surface area contributed by atoms with Crippen LogP contribution in [0.3, 0.4) is 0 Å². The van der Waals surface area contributed by atoms with Crippen molar-refractivity contribution in [2.24, 2.45) is 5.73 Å². The van der Waals surface area contributed by atoms with Gasteiger partial charge in [0.2, 0.25) is 0 Å². The molecule has 0 aliphatic rings. The van der Waals surface area contributed by atoms with Gasteiger partial charge in [-0.2, -0.15) is 0 Å². The molecule has 0 aliphatic carbocycles. The van der Waals surface area contributed by atoms with E-state index < -0.39 is 11.7 Å². The van der Waals surface area contributed by atoms with Crippen LogP contribution in [0.2, 0.25) is 5.15 Å². The quantitative estimate of drug-likeness (QED) is 0.675. The number of rotatable bonds is 1. The largest absolute Gasteiger partial charge is 0.365 e. The minimum absolute atomic E-state index is 0.199. The molecule has 0 spiro atoms. The molecule has 0 radical (unpaired) electrons. The zero-order chi connectivity index (χ0) is 9.30. The Labute approximate surface area is 73.4 Å². The summed E-state index contributed by atoms with van der Waals surface area (Å²) < 4.78 is 13.0. The highest BCUT2D eigenvalue weighted by molar-refractivity contribution is 6.30. The average Bonchev–Trinajstić information content (AvgIpc) is 1.97. The summed E-state index contributed by atoms with van der Waals surface area (Å²) in [5.74, 6) is -1.70. The number of primary amides is 1. The van der Waals surface area contributed by atoms with Gasteiger partial charge in [0.05, 0.1) is 5.56 Å². The highest BCUT2D eigenvalue weighted by Gasteiger charge is 2.15. The lowest BCUT2D eigenvalue weighted by molar-refractivity contribution is 0.0995. The monoisotopic (exact) mass is 188 g/mol. The fourth-order valence-corrected chi connectivity index (χ4v) is 0.997. The molecule has 0 aliphatic heterocycles. The normalized spacial score (nSPS) is 9.92. The summed E-state index contributed by atoms with van der Waals surface area (Å²) >= 11 is 5.34. The van der Waals surface area contributed by atoms with Crippen LogP contribution in [0.1, 0.15) is 15.9 Å². The predicted octanol–water partition coefficient (Wildman–Crippen LogP) is 1.28. The van der Waals surface area contributed by atoms with Crippen LogP contribution < -0.4 is 5.73 Å². The fraction of sp³-hybridized carbons (Fsp3) is 0.143. The van der Waals surface area contributed by atoms with E-state index in [1.54, 1.807) is 0 Å². The topological polar surface area (TPSA) is 56.0 Å². The van der Waals surface area contributed by atoms with Gasteiger partial charge in [-0.25, -0.2) is 9.37 Å². The standard InChI is InChI=1S/C7H6ClFN2O/c1-3-2-11-6(8)5(9)4(3)7(10)12/h2H,1H3,(H2,10,12). The maximum Gasteiger partial charge on any atom is 0.252 e. The number of aromatic nitrogens is 1. The zero-order valence-electron chi connectivity index (χ0n) is 6.27. The van der Waals surface area contributed by atoms with E-state index in [4.69, 9.17) is 17.3 Å². The van der Waals surface area contributed by atoms with Crippen molar-refractivity contribution in [3.05, 3.63) is 28.3 Å². The molecule has 0 atom stereocenters. The molecule has 0 saturated carbocycles. The lowest BCUT2D eigenvalue weighted by atomic mass is 10.1. The molecule has 12 heavy (non-hydrogen) atoms. The molecule has 64 valence electrons. The van der Waals surface area contributed by atoms with E-state index in [-0.39, 0.29) is 10.7 Å². The van der Waals surface area contributed by atoms with Crippen molar-refractivity contribution in [1.29, 1.82) is 0 Å². The fourth-order valence-electron chi connectivity index (χ4n) is 0.853. The van der Waals surface area contributed by atoms with Crippen molar-refractivity contribution in [3.63, 3.8) is 0 Å². The van der Waals surface area contributed by atoms with Gasteiger partial charge in [0, 0.05) is 6.20 Å². The van der Waals surface area contributed by atoms with Crippen molar-refractivity contribution in [3.8, 4) is 0 Å². The van der Waals surface area contributed by atoms with E-state index in [0.717, 1.165) is 0 Å². The number of aryl methyl sites for hydroxylation is 1. The lowest BCUT2D eigenvalue weighted by Gasteiger charge is -2.02. The average molecular weight is 189 g/mol. The van der Waals surface area contributed by atoms with Gasteiger partial charge in [-0.05, 0) is 12.5 Å². The molecular formula is C7H6ClFN2O. The first-order chi connectivity index (χ1) is 5.54. The highest BCUT2D eigenvalue weighted by atomic mass is 35.5. The molecule has 0 aromatic carbocycles. The van der Waals surface area contributed by atoms with E-state index in [1.165, 1.54) is 13.1 Å². The van der Waals surface area contributed by atoms with Crippen LogP contribution in [-0.4, -0.2) is 10.9 Å². The summed E-state index contributed by atoms with van der Waals surface area (Å²) in [6.07, 6.45) is 1.30. The number of amides is 1. The van der Waals surface area contributed by atoms with Crippen LogP contribution in [0.4, 0.5) is 4.39 Å². The van der Waals surface area contributed by atoms with Crippen LogP contribution in [0.5, 0.6) is 0 Å². The third kappa shape index (κ3) is 1.38. The predicted molar refractivity (Wildman–Crippen MR) is 42.5 cm³/mol. The van der Waals surface area contributed by atoms with Crippen molar-refractivity contribution in [2.75, 3.05) is 0 Å². The Hall–Kier alpha value is -1.16. The maximum atomic E-state index is 13.0. The molecule has 0 saturated heterocycles. The second kappa shape index (κ2) is 3.06. The summed E-state index contributed by atoms with van der Waals surface area (Å²) in [4.78, 5) is 14.2. The van der Waals surface area contributed by atoms with Gasteiger partial charge in [-0.15, -0.1) is 0 Å². The van der Waals surface area contributed by atoms with Gasteiger partial charge in [-0.1, -0.05) is 11.6 Å². The maximum absolute atomic E-state index is 13.0. The van der Waals surface area contributed by atoms with Gasteiger partial charge in [0.1, 0.15) is 0 Å². The molecular weight excluding hydrogens is 183 g/mol. The molecule has 1 amide bonds. The Morgan fingerprint density at radius 1 is 1.75 bits per heavy atom. The van der Waals surface area contributed by atoms with E-state index in [0.29, 0.717) is 5.56 Å². The molecule has 1 aromatic heterocycles. The number of hydrogen-bond donors (Lipinski definition) is 1. The molecule has 0 fully saturated rings. The van der Waals surface area contributed by atoms with Crippen molar-refractivity contribution < 1.29 is 9.18 Å². The third-order valence-corrected chi connectivity index (χ3v) is 1.68. The molecule has 0 bridgehead atoms. The van der Waals surface area contributed by atoms with Crippen LogP contribution in [0.25, 0.3) is 0 Å².